The van der Waals surface area contributed by atoms with Crippen molar-refractivity contribution in [3.05, 3.63) is 28.3 Å². The molecule has 0 aliphatic carbocycles. The number of ether oxygens (including phenoxy) is 1. The molecule has 1 fully saturated rings. The number of benzene rings is 1. The van der Waals surface area contributed by atoms with E-state index >= 15 is 0 Å². The van der Waals surface area contributed by atoms with Crippen molar-refractivity contribution in [2.24, 2.45) is 0 Å². The lowest BCUT2D eigenvalue weighted by molar-refractivity contribution is 0.278. The monoisotopic (exact) mass is 262 g/mol. The lowest BCUT2D eigenvalue weighted by Gasteiger charge is -2.20. The van der Waals surface area contributed by atoms with E-state index in [4.69, 9.17) is 21.6 Å². The number of fused-ring (bicyclic) bond motifs is 1. The lowest BCUT2D eigenvalue weighted by atomic mass is 10.1. The van der Waals surface area contributed by atoms with Gasteiger partial charge in [0, 0.05) is 23.6 Å². The van der Waals surface area contributed by atoms with Crippen LogP contribution in [0.3, 0.4) is 0 Å². The Bertz CT molecular complexity index is 509. The molecular formula is C14H15ClN2O. The number of nitriles is 1. The molecule has 94 valence electrons. The largest absolute Gasteiger partial charge is 0.493 e. The molecule has 0 spiro atoms. The second-order valence-electron chi connectivity index (χ2n) is 4.91. The predicted molar refractivity (Wildman–Crippen MR) is 69.7 cm³/mol. The topological polar surface area (TPSA) is 36.3 Å². The molecule has 0 saturated carbocycles. The first-order valence-corrected chi connectivity index (χ1v) is 6.73. The zero-order chi connectivity index (χ0) is 12.5. The molecule has 1 atom stereocenters. The van der Waals surface area contributed by atoms with Crippen LogP contribution < -0.4 is 4.74 Å². The van der Waals surface area contributed by atoms with Gasteiger partial charge in [0.15, 0.2) is 0 Å². The molecule has 2 heterocycles. The molecule has 0 radical (unpaired) electrons. The highest BCUT2D eigenvalue weighted by Gasteiger charge is 2.26. The molecule has 1 aromatic carbocycles. The number of halogens is 1. The van der Waals surface area contributed by atoms with E-state index in [1.807, 2.05) is 12.1 Å². The van der Waals surface area contributed by atoms with Gasteiger partial charge in [-0.05, 0) is 37.1 Å². The quantitative estimate of drug-likeness (QED) is 0.822. The van der Waals surface area contributed by atoms with Gasteiger partial charge in [-0.15, -0.1) is 0 Å². The first-order valence-electron chi connectivity index (χ1n) is 6.35. The van der Waals surface area contributed by atoms with Gasteiger partial charge in [0.2, 0.25) is 0 Å². The summed E-state index contributed by atoms with van der Waals surface area (Å²) in [6, 6.07) is 6.37. The maximum absolute atomic E-state index is 9.11. The summed E-state index contributed by atoms with van der Waals surface area (Å²) in [6.07, 6.45) is 3.01. The Kier molecular flexibility index (Phi) is 3.15. The molecule has 0 aromatic heterocycles. The van der Waals surface area contributed by atoms with Gasteiger partial charge in [-0.25, -0.2) is 0 Å². The zero-order valence-electron chi connectivity index (χ0n) is 10.2. The smallest absolute Gasteiger partial charge is 0.127 e. The fourth-order valence-electron chi connectivity index (χ4n) is 2.84. The molecule has 18 heavy (non-hydrogen) atoms. The highest BCUT2D eigenvalue weighted by atomic mass is 35.5. The number of nitrogens with zero attached hydrogens (tertiary/aromatic N) is 2. The van der Waals surface area contributed by atoms with E-state index in [0.717, 1.165) is 55.3 Å². The van der Waals surface area contributed by atoms with Gasteiger partial charge < -0.3 is 4.74 Å². The van der Waals surface area contributed by atoms with Crippen LogP contribution in [-0.4, -0.2) is 24.1 Å². The number of hydrogen-bond donors (Lipinski definition) is 0. The van der Waals surface area contributed by atoms with E-state index in [1.54, 1.807) is 0 Å². The summed E-state index contributed by atoms with van der Waals surface area (Å²) in [5, 5.41) is 9.88. The van der Waals surface area contributed by atoms with Gasteiger partial charge in [-0.3, -0.25) is 4.90 Å². The first kappa shape index (κ1) is 11.8. The van der Waals surface area contributed by atoms with Crippen LogP contribution in [0.2, 0.25) is 5.02 Å². The Morgan fingerprint density at radius 3 is 3.22 bits per heavy atom. The highest BCUT2D eigenvalue weighted by molar-refractivity contribution is 6.30. The lowest BCUT2D eigenvalue weighted by Crippen LogP contribution is -2.27. The summed E-state index contributed by atoms with van der Waals surface area (Å²) >= 11 is 6.15. The van der Waals surface area contributed by atoms with Crippen LogP contribution in [0, 0.1) is 11.3 Å². The Labute approximate surface area is 112 Å². The van der Waals surface area contributed by atoms with Crippen molar-refractivity contribution in [2.45, 2.75) is 31.8 Å². The average molecular weight is 263 g/mol. The first-order chi connectivity index (χ1) is 8.78. The molecule has 3 nitrogen and oxygen atoms in total. The Balaban J connectivity index is 1.87. The molecule has 1 aromatic rings. The van der Waals surface area contributed by atoms with E-state index in [9.17, 15) is 0 Å². The van der Waals surface area contributed by atoms with Crippen LogP contribution in [0.5, 0.6) is 5.75 Å². The van der Waals surface area contributed by atoms with Gasteiger partial charge in [-0.1, -0.05) is 11.6 Å². The minimum absolute atomic E-state index is 0.0426. The van der Waals surface area contributed by atoms with E-state index in [1.165, 1.54) is 5.56 Å². The van der Waals surface area contributed by atoms with Crippen molar-refractivity contribution in [1.82, 2.24) is 4.90 Å². The standard InChI is InChI=1S/C14H15ClN2O/c15-12-6-10-3-5-18-14(10)11(7-12)9-17-4-1-2-13(17)8-16/h6-7,13H,1-5,9H2. The molecular weight excluding hydrogens is 248 g/mol. The molecule has 0 bridgehead atoms. The second-order valence-corrected chi connectivity index (χ2v) is 5.35. The third-order valence-corrected chi connectivity index (χ3v) is 3.93. The van der Waals surface area contributed by atoms with Crippen molar-refractivity contribution in [1.29, 1.82) is 5.26 Å². The summed E-state index contributed by atoms with van der Waals surface area (Å²) in [5.41, 5.74) is 2.32. The van der Waals surface area contributed by atoms with Gasteiger partial charge in [0.25, 0.3) is 0 Å². The molecule has 1 saturated heterocycles. The summed E-state index contributed by atoms with van der Waals surface area (Å²) in [7, 11) is 0. The molecule has 2 aliphatic heterocycles. The van der Waals surface area contributed by atoms with Crippen LogP contribution in [0.15, 0.2) is 12.1 Å². The van der Waals surface area contributed by atoms with Crippen LogP contribution in [0.1, 0.15) is 24.0 Å². The highest BCUT2D eigenvalue weighted by Crippen LogP contribution is 2.34. The van der Waals surface area contributed by atoms with Crippen LogP contribution >= 0.6 is 11.6 Å². The van der Waals surface area contributed by atoms with Crippen molar-refractivity contribution >= 4 is 11.6 Å². The minimum atomic E-state index is 0.0426. The van der Waals surface area contributed by atoms with Crippen molar-refractivity contribution in [3.63, 3.8) is 0 Å². The molecule has 1 unspecified atom stereocenters. The molecule has 3 rings (SSSR count). The van der Waals surface area contributed by atoms with Crippen molar-refractivity contribution in [2.75, 3.05) is 13.2 Å². The Morgan fingerprint density at radius 1 is 1.50 bits per heavy atom. The number of hydrogen-bond acceptors (Lipinski definition) is 3. The third-order valence-electron chi connectivity index (χ3n) is 3.71. The van der Waals surface area contributed by atoms with Gasteiger partial charge in [0.05, 0.1) is 18.7 Å². The fourth-order valence-corrected chi connectivity index (χ4v) is 3.11. The number of rotatable bonds is 2. The summed E-state index contributed by atoms with van der Waals surface area (Å²) in [4.78, 5) is 2.22. The van der Waals surface area contributed by atoms with Crippen molar-refractivity contribution in [3.8, 4) is 11.8 Å². The molecule has 4 heteroatoms. The van der Waals surface area contributed by atoms with Gasteiger partial charge in [-0.2, -0.15) is 5.26 Å². The fraction of sp³-hybridized carbons (Fsp3) is 0.500. The Morgan fingerprint density at radius 2 is 2.39 bits per heavy atom. The SMILES string of the molecule is N#CC1CCCN1Cc1cc(Cl)cc2c1OCC2. The van der Waals surface area contributed by atoms with Crippen LogP contribution in [0.25, 0.3) is 0 Å². The van der Waals surface area contributed by atoms with Crippen LogP contribution in [0.4, 0.5) is 0 Å². The minimum Gasteiger partial charge on any atom is -0.493 e. The maximum atomic E-state index is 9.11. The molecule has 2 aliphatic rings. The second kappa shape index (κ2) is 4.79. The predicted octanol–water partition coefficient (Wildman–Crippen LogP) is 2.76. The Hall–Kier alpha value is -1.24. The zero-order valence-corrected chi connectivity index (χ0v) is 10.9. The van der Waals surface area contributed by atoms with E-state index in [-0.39, 0.29) is 6.04 Å². The van der Waals surface area contributed by atoms with E-state index in [0.29, 0.717) is 0 Å². The number of likely N-dealkylation sites (tertiary alicyclic amines) is 1. The van der Waals surface area contributed by atoms with Gasteiger partial charge in [0.1, 0.15) is 5.75 Å². The summed E-state index contributed by atoms with van der Waals surface area (Å²) in [6.45, 7) is 2.49. The van der Waals surface area contributed by atoms with Gasteiger partial charge >= 0.3 is 0 Å². The summed E-state index contributed by atoms with van der Waals surface area (Å²) < 4.78 is 5.70. The van der Waals surface area contributed by atoms with Crippen molar-refractivity contribution < 1.29 is 4.74 Å². The van der Waals surface area contributed by atoms with Crippen LogP contribution in [-0.2, 0) is 13.0 Å². The van der Waals surface area contributed by atoms with E-state index in [2.05, 4.69) is 11.0 Å². The third kappa shape index (κ3) is 2.07. The van der Waals surface area contributed by atoms with E-state index < -0.39 is 0 Å². The summed E-state index contributed by atoms with van der Waals surface area (Å²) in [5.74, 6) is 0.989. The average Bonchev–Trinajstić information content (AvgIpc) is 2.96. The molecule has 0 amide bonds. The maximum Gasteiger partial charge on any atom is 0.127 e. The normalized spacial score (nSPS) is 22.6. The molecule has 0 N–H and O–H groups in total.